The average Bonchev–Trinajstić information content (AvgIpc) is 2.93. The molecule has 0 spiro atoms. The number of aliphatic hydroxyl groups excluding tert-OH is 3. The lowest BCUT2D eigenvalue weighted by Gasteiger charge is -2.16. The predicted molar refractivity (Wildman–Crippen MR) is 61.1 cm³/mol. The number of aromatic amines is 1. The van der Waals surface area contributed by atoms with Crippen molar-refractivity contribution in [2.45, 2.75) is 24.5 Å². The maximum absolute atomic E-state index is 13.2. The summed E-state index contributed by atoms with van der Waals surface area (Å²) in [6.45, 7) is -0.496. The fourth-order valence-electron chi connectivity index (χ4n) is 2.20. The number of fused-ring (bicyclic) bond motifs is 1. The molecule has 108 valence electrons. The van der Waals surface area contributed by atoms with E-state index in [0.29, 0.717) is 0 Å². The molecule has 20 heavy (non-hydrogen) atoms. The zero-order chi connectivity index (χ0) is 14.4. The summed E-state index contributed by atoms with van der Waals surface area (Å²) in [5.74, 6) is 0. The molecule has 0 amide bonds. The molecule has 4 N–H and O–H groups in total. The van der Waals surface area contributed by atoms with E-state index in [-0.39, 0.29) is 11.2 Å². The lowest BCUT2D eigenvalue weighted by Crippen LogP contribution is -2.33. The Kier molecular flexibility index (Phi) is 3.01. The van der Waals surface area contributed by atoms with Gasteiger partial charge in [0.15, 0.2) is 17.4 Å². The van der Waals surface area contributed by atoms with Crippen LogP contribution in [0.1, 0.15) is 6.23 Å². The second kappa shape index (κ2) is 4.59. The van der Waals surface area contributed by atoms with Crippen LogP contribution in [0.3, 0.4) is 0 Å². The number of nitrogens with zero attached hydrogens (tertiary/aromatic N) is 3. The molecular formula is C10H11FN4O5. The van der Waals surface area contributed by atoms with Crippen LogP contribution in [-0.2, 0) is 4.74 Å². The highest BCUT2D eigenvalue weighted by Gasteiger charge is 2.44. The maximum Gasteiger partial charge on any atom is 0.291 e. The number of aliphatic hydroxyl groups is 3. The minimum atomic E-state index is -1.37. The topological polar surface area (TPSA) is 133 Å². The van der Waals surface area contributed by atoms with Gasteiger partial charge in [-0.1, -0.05) is 0 Å². The third-order valence-corrected chi connectivity index (χ3v) is 3.19. The number of imidazole rings is 1. The highest BCUT2D eigenvalue weighted by Crippen LogP contribution is 2.30. The van der Waals surface area contributed by atoms with Crippen LogP contribution in [0.2, 0.25) is 0 Å². The van der Waals surface area contributed by atoms with Gasteiger partial charge in [0.1, 0.15) is 18.3 Å². The van der Waals surface area contributed by atoms with Gasteiger partial charge in [-0.2, -0.15) is 9.37 Å². The average molecular weight is 286 g/mol. The number of rotatable bonds is 2. The monoisotopic (exact) mass is 286 g/mol. The molecule has 1 saturated heterocycles. The largest absolute Gasteiger partial charge is 0.394 e. The Bertz CT molecular complexity index is 701. The minimum absolute atomic E-state index is 0.121. The standard InChI is InChI=1S/C10H11FN4O5/c11-10-13-7-4(8(19)14-10)12-2-15(7)9-6(18)5(17)3(1-16)20-9/h2-3,5-6,9,16-18H,1H2,(H,13,14,19)/t3-,5-,6+,9?/m1/s1. The Morgan fingerprint density at radius 1 is 1.45 bits per heavy atom. The van der Waals surface area contributed by atoms with E-state index < -0.39 is 42.8 Å². The molecule has 1 aliphatic rings. The number of H-pyrrole nitrogens is 1. The van der Waals surface area contributed by atoms with Crippen LogP contribution in [-0.4, -0.2) is 59.8 Å². The molecule has 0 bridgehead atoms. The number of halogens is 1. The molecular weight excluding hydrogens is 275 g/mol. The van der Waals surface area contributed by atoms with Gasteiger partial charge < -0.3 is 20.1 Å². The molecule has 1 unspecified atom stereocenters. The first kappa shape index (κ1) is 13.1. The summed E-state index contributed by atoms with van der Waals surface area (Å²) in [6, 6.07) is 0. The van der Waals surface area contributed by atoms with Crippen molar-refractivity contribution < 1.29 is 24.4 Å². The summed E-state index contributed by atoms with van der Waals surface area (Å²) < 4.78 is 19.6. The maximum atomic E-state index is 13.2. The van der Waals surface area contributed by atoms with Crippen LogP contribution in [0.4, 0.5) is 4.39 Å². The Hall–Kier alpha value is -1.88. The number of aromatic nitrogens is 4. The number of hydrogen-bond donors (Lipinski definition) is 4. The Labute approximate surface area is 110 Å². The van der Waals surface area contributed by atoms with E-state index in [1.165, 1.54) is 0 Å². The van der Waals surface area contributed by atoms with Crippen molar-refractivity contribution in [3.05, 3.63) is 22.8 Å². The quantitative estimate of drug-likeness (QED) is 0.463. The summed E-state index contributed by atoms with van der Waals surface area (Å²) in [5, 5.41) is 28.6. The molecule has 1 aliphatic heterocycles. The van der Waals surface area contributed by atoms with Gasteiger partial charge in [-0.05, 0) is 0 Å². The van der Waals surface area contributed by atoms with Gasteiger partial charge >= 0.3 is 0 Å². The van der Waals surface area contributed by atoms with Gasteiger partial charge in [0.05, 0.1) is 12.9 Å². The van der Waals surface area contributed by atoms with Gasteiger partial charge in [0.25, 0.3) is 11.6 Å². The molecule has 3 rings (SSSR count). The minimum Gasteiger partial charge on any atom is -0.394 e. The van der Waals surface area contributed by atoms with Crippen LogP contribution in [0, 0.1) is 6.08 Å². The van der Waals surface area contributed by atoms with Crippen LogP contribution in [0.25, 0.3) is 11.2 Å². The van der Waals surface area contributed by atoms with Crippen LogP contribution in [0.5, 0.6) is 0 Å². The Morgan fingerprint density at radius 3 is 2.85 bits per heavy atom. The highest BCUT2D eigenvalue weighted by atomic mass is 19.1. The van der Waals surface area contributed by atoms with Gasteiger partial charge in [0.2, 0.25) is 0 Å². The summed E-state index contributed by atoms with van der Waals surface area (Å²) in [7, 11) is 0. The molecule has 4 atom stereocenters. The second-order valence-corrected chi connectivity index (χ2v) is 4.41. The zero-order valence-corrected chi connectivity index (χ0v) is 9.97. The molecule has 9 nitrogen and oxygen atoms in total. The van der Waals surface area contributed by atoms with Crippen molar-refractivity contribution >= 4 is 11.2 Å². The van der Waals surface area contributed by atoms with E-state index >= 15 is 0 Å². The smallest absolute Gasteiger partial charge is 0.291 e. The van der Waals surface area contributed by atoms with Gasteiger partial charge in [-0.25, -0.2) is 4.98 Å². The van der Waals surface area contributed by atoms with Crippen LogP contribution >= 0.6 is 0 Å². The van der Waals surface area contributed by atoms with E-state index in [2.05, 4.69) is 9.97 Å². The van der Waals surface area contributed by atoms with Crippen molar-refractivity contribution in [1.82, 2.24) is 19.5 Å². The molecule has 2 aromatic heterocycles. The second-order valence-electron chi connectivity index (χ2n) is 4.41. The third-order valence-electron chi connectivity index (χ3n) is 3.19. The van der Waals surface area contributed by atoms with Crippen molar-refractivity contribution in [2.24, 2.45) is 0 Å². The molecule has 10 heteroatoms. The van der Waals surface area contributed by atoms with Gasteiger partial charge in [-0.3, -0.25) is 14.3 Å². The molecule has 0 radical (unpaired) electrons. The third kappa shape index (κ3) is 1.81. The van der Waals surface area contributed by atoms with Crippen LogP contribution < -0.4 is 5.56 Å². The number of nitrogens with one attached hydrogen (secondary N) is 1. The van der Waals surface area contributed by atoms with E-state index in [9.17, 15) is 19.4 Å². The normalized spacial score (nSPS) is 30.2. The first-order chi connectivity index (χ1) is 9.52. The number of hydrogen-bond acceptors (Lipinski definition) is 7. The zero-order valence-electron chi connectivity index (χ0n) is 9.97. The lowest BCUT2D eigenvalue weighted by atomic mass is 10.1. The van der Waals surface area contributed by atoms with E-state index in [4.69, 9.17) is 9.84 Å². The summed E-state index contributed by atoms with van der Waals surface area (Å²) in [6.07, 6.45) is -4.74. The Balaban J connectivity index is 2.09. The van der Waals surface area contributed by atoms with Crippen molar-refractivity contribution in [3.8, 4) is 0 Å². The van der Waals surface area contributed by atoms with Crippen molar-refractivity contribution in [2.75, 3.05) is 6.61 Å². The molecule has 2 aromatic rings. The van der Waals surface area contributed by atoms with Crippen molar-refractivity contribution in [1.29, 1.82) is 0 Å². The molecule has 0 aliphatic carbocycles. The first-order valence-corrected chi connectivity index (χ1v) is 5.77. The number of ether oxygens (including phenoxy) is 1. The van der Waals surface area contributed by atoms with Gasteiger partial charge in [-0.15, -0.1) is 0 Å². The van der Waals surface area contributed by atoms with Gasteiger partial charge in [0, 0.05) is 0 Å². The SMILES string of the molecule is O=c1[nH]c(F)nc2c1ncn2C1O[C@H](CO)[C@@H](O)[C@@H]1O. The molecule has 1 fully saturated rings. The highest BCUT2D eigenvalue weighted by molar-refractivity contribution is 5.69. The van der Waals surface area contributed by atoms with E-state index in [1.807, 2.05) is 4.98 Å². The lowest BCUT2D eigenvalue weighted by molar-refractivity contribution is -0.0511. The molecule has 3 heterocycles. The first-order valence-electron chi connectivity index (χ1n) is 5.77. The fraction of sp³-hybridized carbons (Fsp3) is 0.500. The summed E-state index contributed by atoms with van der Waals surface area (Å²) >= 11 is 0. The summed E-state index contributed by atoms with van der Waals surface area (Å²) in [4.78, 5) is 20.6. The fourth-order valence-corrected chi connectivity index (χ4v) is 2.20. The van der Waals surface area contributed by atoms with E-state index in [0.717, 1.165) is 10.9 Å². The molecule has 0 aromatic carbocycles. The van der Waals surface area contributed by atoms with Crippen molar-refractivity contribution in [3.63, 3.8) is 0 Å². The molecule has 0 saturated carbocycles. The predicted octanol–water partition coefficient (Wildman–Crippen LogP) is -2.13. The van der Waals surface area contributed by atoms with Crippen LogP contribution in [0.15, 0.2) is 11.1 Å². The van der Waals surface area contributed by atoms with E-state index in [1.54, 1.807) is 0 Å². The summed E-state index contributed by atoms with van der Waals surface area (Å²) in [5.41, 5.74) is -1.01. The Morgan fingerprint density at radius 2 is 2.20 bits per heavy atom.